The molecule has 0 amide bonds. The molecule has 2 aromatic rings. The van der Waals surface area contributed by atoms with Crippen LogP contribution in [0.3, 0.4) is 0 Å². The summed E-state index contributed by atoms with van der Waals surface area (Å²) in [5.74, 6) is 0.0989. The van der Waals surface area contributed by atoms with Gasteiger partial charge in [0.1, 0.15) is 0 Å². The fraction of sp³-hybridized carbons (Fsp3) is 0.200. The average Bonchev–Trinajstić information content (AvgIpc) is 2.72. The number of aliphatic hydroxyl groups excluding tert-OH is 1. The molecule has 0 heterocycles. The van der Waals surface area contributed by atoms with Crippen LogP contribution in [-0.4, -0.2) is 16.5 Å². The molecule has 0 bridgehead atoms. The van der Waals surface area contributed by atoms with Gasteiger partial charge in [0.15, 0.2) is 0 Å². The molecule has 17 heavy (non-hydrogen) atoms. The molecule has 2 heteroatoms. The molecule has 0 spiro atoms. The number of rotatable bonds is 2. The number of hydrogen-bond acceptors (Lipinski definition) is 1. The van der Waals surface area contributed by atoms with E-state index >= 15 is 0 Å². The van der Waals surface area contributed by atoms with Crippen molar-refractivity contribution in [3.8, 4) is 11.1 Å². The van der Waals surface area contributed by atoms with Crippen LogP contribution in [0.4, 0.5) is 0 Å². The second kappa shape index (κ2) is 4.28. The van der Waals surface area contributed by atoms with Crippen LogP contribution in [0.1, 0.15) is 17.0 Å². The average molecular weight is 289 g/mol. The maximum Gasteiger partial charge on any atom is 0.0746 e. The van der Waals surface area contributed by atoms with E-state index in [1.807, 2.05) is 12.1 Å². The maximum absolute atomic E-state index is 10.2. The zero-order chi connectivity index (χ0) is 11.8. The molecule has 1 nitrogen and oxygen atoms in total. The van der Waals surface area contributed by atoms with Gasteiger partial charge in [0.25, 0.3) is 0 Å². The molecule has 1 aliphatic rings. The first kappa shape index (κ1) is 11.0. The summed E-state index contributed by atoms with van der Waals surface area (Å²) in [5, 5.41) is 10.8. The van der Waals surface area contributed by atoms with Crippen LogP contribution >= 0.6 is 15.9 Å². The monoisotopic (exact) mass is 288 g/mol. The van der Waals surface area contributed by atoms with Gasteiger partial charge in [-0.15, -0.1) is 0 Å². The number of hydrogen-bond donors (Lipinski definition) is 1. The van der Waals surface area contributed by atoms with Crippen LogP contribution in [0.15, 0.2) is 48.5 Å². The first-order valence-electron chi connectivity index (χ1n) is 5.75. The van der Waals surface area contributed by atoms with E-state index in [2.05, 4.69) is 52.3 Å². The van der Waals surface area contributed by atoms with Gasteiger partial charge in [-0.2, -0.15) is 0 Å². The van der Waals surface area contributed by atoms with Crippen molar-refractivity contribution in [2.75, 3.05) is 5.33 Å². The second-order valence-electron chi connectivity index (χ2n) is 4.37. The van der Waals surface area contributed by atoms with Gasteiger partial charge >= 0.3 is 0 Å². The van der Waals surface area contributed by atoms with Crippen molar-refractivity contribution >= 4 is 15.9 Å². The van der Waals surface area contributed by atoms with Gasteiger partial charge in [-0.3, -0.25) is 0 Å². The summed E-state index contributed by atoms with van der Waals surface area (Å²) >= 11 is 3.38. The van der Waals surface area contributed by atoms with Gasteiger partial charge in [-0.1, -0.05) is 64.5 Å². The van der Waals surface area contributed by atoms with Crippen molar-refractivity contribution < 1.29 is 5.11 Å². The molecule has 3 rings (SSSR count). The molecule has 1 N–H and O–H groups in total. The quantitative estimate of drug-likeness (QED) is 0.838. The van der Waals surface area contributed by atoms with Crippen molar-refractivity contribution in [1.29, 1.82) is 0 Å². The minimum Gasteiger partial charge on any atom is -0.391 e. The Hall–Kier alpha value is -1.12. The zero-order valence-corrected chi connectivity index (χ0v) is 10.9. The molecule has 1 atom stereocenters. The highest BCUT2D eigenvalue weighted by Gasteiger charge is 2.32. The lowest BCUT2D eigenvalue weighted by molar-refractivity contribution is 0.184. The number of aliphatic hydroxyl groups is 1. The predicted molar refractivity (Wildman–Crippen MR) is 73.5 cm³/mol. The topological polar surface area (TPSA) is 20.2 Å². The minimum absolute atomic E-state index is 0.0989. The van der Waals surface area contributed by atoms with Crippen molar-refractivity contribution in [1.82, 2.24) is 0 Å². The Bertz CT molecular complexity index is 505. The van der Waals surface area contributed by atoms with E-state index in [1.165, 1.54) is 22.3 Å². The Morgan fingerprint density at radius 3 is 1.88 bits per heavy atom. The highest BCUT2D eigenvalue weighted by atomic mass is 79.9. The first-order valence-corrected chi connectivity index (χ1v) is 6.87. The van der Waals surface area contributed by atoms with Crippen LogP contribution in [0.5, 0.6) is 0 Å². The molecule has 0 fully saturated rings. The first-order chi connectivity index (χ1) is 8.33. The Labute approximate surface area is 109 Å². The van der Waals surface area contributed by atoms with Crippen LogP contribution < -0.4 is 0 Å². The number of fused-ring (bicyclic) bond motifs is 3. The van der Waals surface area contributed by atoms with Gasteiger partial charge in [0.05, 0.1) is 6.10 Å². The lowest BCUT2D eigenvalue weighted by atomic mass is 9.92. The summed E-state index contributed by atoms with van der Waals surface area (Å²) in [6.07, 6.45) is -0.375. The molecule has 0 aromatic heterocycles. The highest BCUT2D eigenvalue weighted by Crippen LogP contribution is 2.46. The minimum atomic E-state index is -0.375. The predicted octanol–water partition coefficient (Wildman–Crippen LogP) is 3.55. The Kier molecular flexibility index (Phi) is 2.77. The van der Waals surface area contributed by atoms with Crippen LogP contribution in [0.25, 0.3) is 11.1 Å². The number of benzene rings is 2. The molecular formula is C15H13BrO. The molecule has 1 unspecified atom stereocenters. The van der Waals surface area contributed by atoms with E-state index in [9.17, 15) is 5.11 Å². The fourth-order valence-electron chi connectivity index (χ4n) is 2.70. The molecule has 0 saturated heterocycles. The third-order valence-electron chi connectivity index (χ3n) is 3.42. The van der Waals surface area contributed by atoms with Gasteiger partial charge in [-0.05, 0) is 22.3 Å². The highest BCUT2D eigenvalue weighted by molar-refractivity contribution is 9.09. The lowest BCUT2D eigenvalue weighted by Gasteiger charge is -2.18. The van der Waals surface area contributed by atoms with E-state index in [1.54, 1.807) is 0 Å². The fourth-order valence-corrected chi connectivity index (χ4v) is 3.07. The van der Waals surface area contributed by atoms with E-state index in [0.29, 0.717) is 5.33 Å². The molecule has 1 aliphatic carbocycles. The van der Waals surface area contributed by atoms with E-state index < -0.39 is 0 Å². The van der Waals surface area contributed by atoms with Gasteiger partial charge in [0.2, 0.25) is 0 Å². The summed E-state index contributed by atoms with van der Waals surface area (Å²) in [7, 11) is 0. The molecule has 0 saturated carbocycles. The van der Waals surface area contributed by atoms with Gasteiger partial charge in [-0.25, -0.2) is 0 Å². The molecule has 0 radical (unpaired) electrons. The molecule has 2 aromatic carbocycles. The van der Waals surface area contributed by atoms with Crippen LogP contribution in [0.2, 0.25) is 0 Å². The van der Waals surface area contributed by atoms with Gasteiger partial charge in [0, 0.05) is 11.2 Å². The maximum atomic E-state index is 10.2. The third-order valence-corrected chi connectivity index (χ3v) is 4.09. The largest absolute Gasteiger partial charge is 0.391 e. The van der Waals surface area contributed by atoms with Crippen molar-refractivity contribution in [2.24, 2.45) is 0 Å². The number of alkyl halides is 1. The van der Waals surface area contributed by atoms with Gasteiger partial charge < -0.3 is 5.11 Å². The summed E-state index contributed by atoms with van der Waals surface area (Å²) < 4.78 is 0. The Morgan fingerprint density at radius 1 is 0.941 bits per heavy atom. The standard InChI is InChI=1S/C15H13BrO/c16-9-14(17)15-12-7-3-1-5-10(12)11-6-2-4-8-13(11)15/h1-8,14-15,17H,9H2. The summed E-state index contributed by atoms with van der Waals surface area (Å²) in [6.45, 7) is 0. The van der Waals surface area contributed by atoms with Crippen LogP contribution in [-0.2, 0) is 0 Å². The van der Waals surface area contributed by atoms with Crippen molar-refractivity contribution in [2.45, 2.75) is 12.0 Å². The van der Waals surface area contributed by atoms with Crippen LogP contribution in [0, 0.1) is 0 Å². The molecule has 0 aliphatic heterocycles. The zero-order valence-electron chi connectivity index (χ0n) is 9.31. The molecule has 86 valence electrons. The Balaban J connectivity index is 2.23. The van der Waals surface area contributed by atoms with Crippen molar-refractivity contribution in [3.05, 3.63) is 59.7 Å². The van der Waals surface area contributed by atoms with E-state index in [-0.39, 0.29) is 12.0 Å². The Morgan fingerprint density at radius 2 is 1.41 bits per heavy atom. The number of halogens is 1. The lowest BCUT2D eigenvalue weighted by Crippen LogP contribution is -2.19. The van der Waals surface area contributed by atoms with E-state index in [4.69, 9.17) is 0 Å². The van der Waals surface area contributed by atoms with Crippen molar-refractivity contribution in [3.63, 3.8) is 0 Å². The summed E-state index contributed by atoms with van der Waals surface area (Å²) in [5.41, 5.74) is 4.99. The molecular weight excluding hydrogens is 276 g/mol. The second-order valence-corrected chi connectivity index (χ2v) is 5.02. The smallest absolute Gasteiger partial charge is 0.0746 e. The van der Waals surface area contributed by atoms with E-state index in [0.717, 1.165) is 0 Å². The third kappa shape index (κ3) is 1.63. The summed E-state index contributed by atoms with van der Waals surface area (Å²) in [6, 6.07) is 16.7. The normalized spacial score (nSPS) is 15.4. The summed E-state index contributed by atoms with van der Waals surface area (Å²) in [4.78, 5) is 0. The SMILES string of the molecule is OC(CBr)C1c2ccccc2-c2ccccc21.